The van der Waals surface area contributed by atoms with Crippen LogP contribution in [0, 0.1) is 0 Å². The van der Waals surface area contributed by atoms with Gasteiger partial charge < -0.3 is 25.2 Å². The molecule has 0 unspecified atom stereocenters. The van der Waals surface area contributed by atoms with Gasteiger partial charge in [0.1, 0.15) is 5.56 Å². The van der Waals surface area contributed by atoms with E-state index in [1.165, 1.54) is 18.3 Å². The number of carbonyl (C=O) groups is 2. The second-order valence-corrected chi connectivity index (χ2v) is 6.63. The molecule has 1 aliphatic heterocycles. The van der Waals surface area contributed by atoms with Gasteiger partial charge in [0.15, 0.2) is 0 Å². The van der Waals surface area contributed by atoms with Crippen LogP contribution in [0.5, 0.6) is 0 Å². The lowest BCUT2D eigenvalue weighted by atomic mass is 10.1. The van der Waals surface area contributed by atoms with E-state index in [2.05, 4.69) is 15.2 Å². The number of aromatic nitrogens is 1. The zero-order valence-electron chi connectivity index (χ0n) is 15.5. The summed E-state index contributed by atoms with van der Waals surface area (Å²) in [6, 6.07) is 11.8. The average Bonchev–Trinajstić information content (AvgIpc) is 2.74. The van der Waals surface area contributed by atoms with E-state index in [0.29, 0.717) is 35.5 Å². The maximum Gasteiger partial charge on any atom is 0.339 e. The Bertz CT molecular complexity index is 1080. The summed E-state index contributed by atoms with van der Waals surface area (Å²) >= 11 is 0. The molecule has 3 aromatic rings. The van der Waals surface area contributed by atoms with E-state index in [4.69, 9.17) is 9.84 Å². The molecule has 0 aliphatic carbocycles. The Hall–Kier alpha value is -3.65. The minimum absolute atomic E-state index is 0.0407. The minimum Gasteiger partial charge on any atom is -0.478 e. The average molecular weight is 393 g/mol. The van der Waals surface area contributed by atoms with Crippen LogP contribution < -0.4 is 10.2 Å². The first-order valence-electron chi connectivity index (χ1n) is 9.12. The SMILES string of the molecule is O=C(O)c1ccc(Nc2c(C(=O)O)cnc3c(N4CCOCC4)cccc23)cc1. The normalized spacial score (nSPS) is 14.0. The first kappa shape index (κ1) is 18.7. The van der Waals surface area contributed by atoms with Crippen molar-refractivity contribution in [3.05, 3.63) is 59.8 Å². The third-order valence-corrected chi connectivity index (χ3v) is 4.86. The van der Waals surface area contributed by atoms with Gasteiger partial charge in [-0.05, 0) is 30.3 Å². The van der Waals surface area contributed by atoms with Gasteiger partial charge in [0, 0.05) is 30.4 Å². The standard InChI is InChI=1S/C21H19N3O5/c25-20(26)13-4-6-14(7-5-13)23-18-15-2-1-3-17(24-8-10-29-11-9-24)19(15)22-12-16(18)21(27)28/h1-7,12H,8-11H2,(H,22,23)(H,25,26)(H,27,28). The number of pyridine rings is 1. The van der Waals surface area contributed by atoms with E-state index in [1.54, 1.807) is 12.1 Å². The van der Waals surface area contributed by atoms with E-state index in [0.717, 1.165) is 18.8 Å². The van der Waals surface area contributed by atoms with Crippen molar-refractivity contribution in [2.75, 3.05) is 36.5 Å². The van der Waals surface area contributed by atoms with Crippen molar-refractivity contribution < 1.29 is 24.5 Å². The number of nitrogens with one attached hydrogen (secondary N) is 1. The lowest BCUT2D eigenvalue weighted by Crippen LogP contribution is -2.36. The predicted octanol–water partition coefficient (Wildman–Crippen LogP) is 3.21. The first-order chi connectivity index (χ1) is 14.0. The van der Waals surface area contributed by atoms with Crippen molar-refractivity contribution in [3.8, 4) is 0 Å². The molecule has 1 aliphatic rings. The highest BCUT2D eigenvalue weighted by Crippen LogP contribution is 2.34. The van der Waals surface area contributed by atoms with Crippen molar-refractivity contribution in [2.24, 2.45) is 0 Å². The molecule has 0 saturated carbocycles. The highest BCUT2D eigenvalue weighted by Gasteiger charge is 2.20. The van der Waals surface area contributed by atoms with Crippen LogP contribution in [-0.4, -0.2) is 53.4 Å². The molecule has 1 saturated heterocycles. The number of hydrogen-bond donors (Lipinski definition) is 3. The van der Waals surface area contributed by atoms with Gasteiger partial charge in [-0.25, -0.2) is 9.59 Å². The molecule has 0 atom stereocenters. The lowest BCUT2D eigenvalue weighted by Gasteiger charge is -2.29. The second kappa shape index (κ2) is 7.76. The summed E-state index contributed by atoms with van der Waals surface area (Å²) in [5.41, 5.74) is 2.82. The summed E-state index contributed by atoms with van der Waals surface area (Å²) in [5, 5.41) is 22.5. The fourth-order valence-electron chi connectivity index (χ4n) is 3.40. The highest BCUT2D eigenvalue weighted by molar-refractivity contribution is 6.08. The maximum atomic E-state index is 11.8. The number of morpholine rings is 1. The number of anilines is 3. The van der Waals surface area contributed by atoms with Gasteiger partial charge in [0.2, 0.25) is 0 Å². The Morgan fingerprint density at radius 1 is 1.00 bits per heavy atom. The Labute approximate surface area is 166 Å². The molecule has 4 rings (SSSR count). The summed E-state index contributed by atoms with van der Waals surface area (Å²) < 4.78 is 5.42. The Balaban J connectivity index is 1.80. The van der Waals surface area contributed by atoms with E-state index in [1.807, 2.05) is 18.2 Å². The van der Waals surface area contributed by atoms with Gasteiger partial charge in [-0.3, -0.25) is 4.98 Å². The molecule has 0 amide bonds. The lowest BCUT2D eigenvalue weighted by molar-refractivity contribution is 0.0686. The van der Waals surface area contributed by atoms with Crippen molar-refractivity contribution in [1.82, 2.24) is 4.98 Å². The number of carboxylic acids is 2. The molecule has 148 valence electrons. The van der Waals surface area contributed by atoms with Gasteiger partial charge in [-0.1, -0.05) is 12.1 Å². The zero-order valence-corrected chi connectivity index (χ0v) is 15.5. The van der Waals surface area contributed by atoms with Crippen molar-refractivity contribution >= 4 is 39.9 Å². The van der Waals surface area contributed by atoms with Gasteiger partial charge in [0.05, 0.1) is 35.7 Å². The number of hydrogen-bond acceptors (Lipinski definition) is 6. The molecule has 0 radical (unpaired) electrons. The van der Waals surface area contributed by atoms with E-state index < -0.39 is 11.9 Å². The van der Waals surface area contributed by atoms with Crippen LogP contribution in [0.1, 0.15) is 20.7 Å². The predicted molar refractivity (Wildman–Crippen MR) is 108 cm³/mol. The topological polar surface area (TPSA) is 112 Å². The molecule has 0 bridgehead atoms. The highest BCUT2D eigenvalue weighted by atomic mass is 16.5. The van der Waals surface area contributed by atoms with Gasteiger partial charge >= 0.3 is 11.9 Å². The quantitative estimate of drug-likeness (QED) is 0.606. The smallest absolute Gasteiger partial charge is 0.339 e. The number of carboxylic acid groups (broad SMARTS) is 2. The van der Waals surface area contributed by atoms with E-state index in [-0.39, 0.29) is 11.1 Å². The third kappa shape index (κ3) is 3.70. The second-order valence-electron chi connectivity index (χ2n) is 6.63. The van der Waals surface area contributed by atoms with Crippen LogP contribution in [-0.2, 0) is 4.74 Å². The van der Waals surface area contributed by atoms with E-state index >= 15 is 0 Å². The minimum atomic E-state index is -1.10. The van der Waals surface area contributed by atoms with Crippen LogP contribution in [0.3, 0.4) is 0 Å². The van der Waals surface area contributed by atoms with Crippen molar-refractivity contribution in [1.29, 1.82) is 0 Å². The molecule has 1 aromatic heterocycles. The first-order valence-corrected chi connectivity index (χ1v) is 9.12. The summed E-state index contributed by atoms with van der Waals surface area (Å²) in [6.45, 7) is 2.73. The van der Waals surface area contributed by atoms with Gasteiger partial charge in [-0.2, -0.15) is 0 Å². The molecule has 3 N–H and O–H groups in total. The van der Waals surface area contributed by atoms with Crippen molar-refractivity contribution in [2.45, 2.75) is 0 Å². The van der Waals surface area contributed by atoms with Crippen LogP contribution in [0.25, 0.3) is 10.9 Å². The van der Waals surface area contributed by atoms with E-state index in [9.17, 15) is 14.7 Å². The Morgan fingerprint density at radius 3 is 2.38 bits per heavy atom. The van der Waals surface area contributed by atoms with Crippen LogP contribution in [0.15, 0.2) is 48.7 Å². The fourth-order valence-corrected chi connectivity index (χ4v) is 3.40. The molecule has 0 spiro atoms. The summed E-state index contributed by atoms with van der Waals surface area (Å²) in [5.74, 6) is -2.12. The van der Waals surface area contributed by atoms with Crippen LogP contribution >= 0.6 is 0 Å². The zero-order chi connectivity index (χ0) is 20.4. The van der Waals surface area contributed by atoms with Crippen LogP contribution in [0.4, 0.5) is 17.1 Å². The third-order valence-electron chi connectivity index (χ3n) is 4.86. The number of aromatic carboxylic acids is 2. The summed E-state index contributed by atoms with van der Waals surface area (Å²) in [7, 11) is 0. The van der Waals surface area contributed by atoms with Crippen molar-refractivity contribution in [3.63, 3.8) is 0 Å². The molecule has 29 heavy (non-hydrogen) atoms. The largest absolute Gasteiger partial charge is 0.478 e. The molecular formula is C21H19N3O5. The summed E-state index contributed by atoms with van der Waals surface area (Å²) in [6.07, 6.45) is 1.35. The number of para-hydroxylation sites is 1. The van der Waals surface area contributed by atoms with Gasteiger partial charge in [0.25, 0.3) is 0 Å². The monoisotopic (exact) mass is 393 g/mol. The Morgan fingerprint density at radius 2 is 1.72 bits per heavy atom. The van der Waals surface area contributed by atoms with Gasteiger partial charge in [-0.15, -0.1) is 0 Å². The number of rotatable bonds is 5. The number of nitrogens with zero attached hydrogens (tertiary/aromatic N) is 2. The van der Waals surface area contributed by atoms with Crippen LogP contribution in [0.2, 0.25) is 0 Å². The number of benzene rings is 2. The molecule has 2 heterocycles. The molecular weight excluding hydrogens is 374 g/mol. The molecule has 8 nitrogen and oxygen atoms in total. The molecule has 1 fully saturated rings. The fraction of sp³-hybridized carbons (Fsp3) is 0.190. The number of fused-ring (bicyclic) bond motifs is 1. The Kier molecular flexibility index (Phi) is 5.01. The molecule has 8 heteroatoms. The molecule has 2 aromatic carbocycles. The maximum absolute atomic E-state index is 11.8. The summed E-state index contributed by atoms with van der Waals surface area (Å²) in [4.78, 5) is 29.5. The number of ether oxygens (including phenoxy) is 1.